The van der Waals surface area contributed by atoms with Gasteiger partial charge in [0.25, 0.3) is 0 Å². The topological polar surface area (TPSA) is 58.6 Å². The van der Waals surface area contributed by atoms with Crippen LogP contribution >= 0.6 is 11.3 Å². The summed E-state index contributed by atoms with van der Waals surface area (Å²) in [5.41, 5.74) is 0.528. The Bertz CT molecular complexity index is 472. The van der Waals surface area contributed by atoms with E-state index in [-0.39, 0.29) is 6.03 Å². The lowest BCUT2D eigenvalue weighted by atomic mass is 10.0. The van der Waals surface area contributed by atoms with Gasteiger partial charge >= 0.3 is 12.0 Å². The van der Waals surface area contributed by atoms with E-state index < -0.39 is 5.97 Å². The summed E-state index contributed by atoms with van der Waals surface area (Å²) in [6, 6.07) is 1.58. The van der Waals surface area contributed by atoms with Gasteiger partial charge in [0, 0.05) is 13.1 Å². The molecule has 0 aromatic carbocycles. The van der Waals surface area contributed by atoms with Crippen LogP contribution in [0.5, 0.6) is 0 Å². The SMILES string of the molecule is COC(=O)c1sccc1NC(=O)N1CCC[C@H](C)C1. The summed E-state index contributed by atoms with van der Waals surface area (Å²) < 4.78 is 4.69. The molecule has 1 fully saturated rings. The number of likely N-dealkylation sites (tertiary alicyclic amines) is 1. The van der Waals surface area contributed by atoms with Crippen molar-refractivity contribution in [3.8, 4) is 0 Å². The number of rotatable bonds is 2. The molecule has 1 aliphatic heterocycles. The van der Waals surface area contributed by atoms with E-state index in [1.54, 1.807) is 16.3 Å². The van der Waals surface area contributed by atoms with Crippen LogP contribution in [0.25, 0.3) is 0 Å². The second-order valence-electron chi connectivity index (χ2n) is 4.78. The predicted octanol–water partition coefficient (Wildman–Crippen LogP) is 2.80. The number of hydrogen-bond acceptors (Lipinski definition) is 4. The molecule has 104 valence electrons. The number of amides is 2. The van der Waals surface area contributed by atoms with Crippen LogP contribution in [0, 0.1) is 5.92 Å². The number of piperidine rings is 1. The van der Waals surface area contributed by atoms with E-state index in [0.717, 1.165) is 25.9 Å². The largest absolute Gasteiger partial charge is 0.465 e. The van der Waals surface area contributed by atoms with Gasteiger partial charge in [-0.1, -0.05) is 6.92 Å². The maximum atomic E-state index is 12.1. The summed E-state index contributed by atoms with van der Waals surface area (Å²) >= 11 is 1.26. The molecule has 0 saturated carbocycles. The molecule has 0 radical (unpaired) electrons. The number of carbonyl (C=O) groups is 2. The van der Waals surface area contributed by atoms with Crippen molar-refractivity contribution >= 4 is 29.0 Å². The third-order valence-electron chi connectivity index (χ3n) is 3.22. The summed E-state index contributed by atoms with van der Waals surface area (Å²) in [5, 5.41) is 4.56. The molecule has 0 bridgehead atoms. The average Bonchev–Trinajstić information content (AvgIpc) is 2.86. The molecule has 2 amide bonds. The maximum Gasteiger partial charge on any atom is 0.350 e. The minimum atomic E-state index is -0.419. The van der Waals surface area contributed by atoms with Gasteiger partial charge in [0.1, 0.15) is 4.88 Å². The van der Waals surface area contributed by atoms with Crippen LogP contribution in [0.1, 0.15) is 29.4 Å². The normalized spacial score (nSPS) is 19.1. The number of urea groups is 1. The van der Waals surface area contributed by atoms with E-state index >= 15 is 0 Å². The quantitative estimate of drug-likeness (QED) is 0.849. The minimum Gasteiger partial charge on any atom is -0.465 e. The van der Waals surface area contributed by atoms with Gasteiger partial charge in [0.2, 0.25) is 0 Å². The van der Waals surface area contributed by atoms with Gasteiger partial charge in [-0.2, -0.15) is 0 Å². The van der Waals surface area contributed by atoms with Crippen LogP contribution in [0.2, 0.25) is 0 Å². The fourth-order valence-electron chi connectivity index (χ4n) is 2.23. The molecule has 1 aromatic heterocycles. The van der Waals surface area contributed by atoms with Gasteiger partial charge < -0.3 is 15.0 Å². The minimum absolute atomic E-state index is 0.143. The second kappa shape index (κ2) is 6.06. The van der Waals surface area contributed by atoms with Crippen molar-refractivity contribution in [1.82, 2.24) is 4.90 Å². The molecule has 1 atom stereocenters. The van der Waals surface area contributed by atoms with Crippen LogP contribution < -0.4 is 5.32 Å². The van der Waals surface area contributed by atoms with Gasteiger partial charge in [0.15, 0.2) is 0 Å². The zero-order chi connectivity index (χ0) is 13.8. The average molecular weight is 282 g/mol. The van der Waals surface area contributed by atoms with Gasteiger partial charge in [0.05, 0.1) is 12.8 Å². The molecule has 0 unspecified atom stereocenters. The number of nitrogens with one attached hydrogen (secondary N) is 1. The van der Waals surface area contributed by atoms with E-state index in [4.69, 9.17) is 0 Å². The molecule has 5 nitrogen and oxygen atoms in total. The first-order valence-electron chi connectivity index (χ1n) is 6.33. The fraction of sp³-hybridized carbons (Fsp3) is 0.538. The summed E-state index contributed by atoms with van der Waals surface area (Å²) in [6.45, 7) is 3.68. The Morgan fingerprint density at radius 1 is 1.53 bits per heavy atom. The first-order chi connectivity index (χ1) is 9.11. The molecule has 1 saturated heterocycles. The van der Waals surface area contributed by atoms with Crippen LogP contribution in [-0.4, -0.2) is 37.1 Å². The number of hydrogen-bond donors (Lipinski definition) is 1. The number of nitrogens with zero attached hydrogens (tertiary/aromatic N) is 1. The molecular weight excluding hydrogens is 264 g/mol. The third kappa shape index (κ3) is 3.26. The van der Waals surface area contributed by atoms with Crippen LogP contribution in [0.4, 0.5) is 10.5 Å². The van der Waals surface area contributed by atoms with Crippen molar-refractivity contribution in [2.45, 2.75) is 19.8 Å². The van der Waals surface area contributed by atoms with Crippen molar-refractivity contribution in [2.24, 2.45) is 5.92 Å². The highest BCUT2D eigenvalue weighted by Gasteiger charge is 2.23. The molecule has 0 spiro atoms. The van der Waals surface area contributed by atoms with Crippen molar-refractivity contribution in [1.29, 1.82) is 0 Å². The van der Waals surface area contributed by atoms with Crippen LogP contribution in [0.3, 0.4) is 0 Å². The number of methoxy groups -OCH3 is 1. The molecule has 0 aliphatic carbocycles. The molecule has 2 heterocycles. The maximum absolute atomic E-state index is 12.1. The third-order valence-corrected chi connectivity index (χ3v) is 4.12. The number of esters is 1. The number of anilines is 1. The van der Waals surface area contributed by atoms with Crippen molar-refractivity contribution in [2.75, 3.05) is 25.5 Å². The lowest BCUT2D eigenvalue weighted by Gasteiger charge is -2.30. The molecule has 19 heavy (non-hydrogen) atoms. The number of carbonyl (C=O) groups excluding carboxylic acids is 2. The summed E-state index contributed by atoms with van der Waals surface area (Å²) in [5.74, 6) is 0.111. The smallest absolute Gasteiger partial charge is 0.350 e. The van der Waals surface area contributed by atoms with Crippen LogP contribution in [-0.2, 0) is 4.74 Å². The van der Waals surface area contributed by atoms with E-state index in [1.807, 2.05) is 0 Å². The standard InChI is InChI=1S/C13H18N2O3S/c1-9-4-3-6-15(8-9)13(17)14-10-5-7-19-11(10)12(16)18-2/h5,7,9H,3-4,6,8H2,1-2H3,(H,14,17)/t9-/m0/s1. The number of ether oxygens (including phenoxy) is 1. The van der Waals surface area contributed by atoms with E-state index in [9.17, 15) is 9.59 Å². The van der Waals surface area contributed by atoms with Gasteiger partial charge in [-0.15, -0.1) is 11.3 Å². The Kier molecular flexibility index (Phi) is 4.42. The highest BCUT2D eigenvalue weighted by atomic mass is 32.1. The monoisotopic (exact) mass is 282 g/mol. The second-order valence-corrected chi connectivity index (χ2v) is 5.69. The van der Waals surface area contributed by atoms with Crippen molar-refractivity contribution in [3.05, 3.63) is 16.3 Å². The molecule has 1 aliphatic rings. The first kappa shape index (κ1) is 13.9. The summed E-state index contributed by atoms with van der Waals surface area (Å²) in [4.78, 5) is 25.9. The van der Waals surface area contributed by atoms with Gasteiger partial charge in [-0.05, 0) is 30.2 Å². The van der Waals surface area contributed by atoms with Gasteiger partial charge in [-0.25, -0.2) is 9.59 Å². The summed E-state index contributed by atoms with van der Waals surface area (Å²) in [7, 11) is 1.33. The summed E-state index contributed by atoms with van der Waals surface area (Å²) in [6.07, 6.45) is 2.19. The highest BCUT2D eigenvalue weighted by molar-refractivity contribution is 7.12. The predicted molar refractivity (Wildman–Crippen MR) is 74.6 cm³/mol. The Hall–Kier alpha value is -1.56. The zero-order valence-corrected chi connectivity index (χ0v) is 12.0. The molecule has 1 aromatic rings. The lowest BCUT2D eigenvalue weighted by Crippen LogP contribution is -2.41. The Morgan fingerprint density at radius 3 is 3.00 bits per heavy atom. The molecular formula is C13H18N2O3S. The number of thiophene rings is 1. The zero-order valence-electron chi connectivity index (χ0n) is 11.1. The fourth-order valence-corrected chi connectivity index (χ4v) is 2.99. The highest BCUT2D eigenvalue weighted by Crippen LogP contribution is 2.24. The van der Waals surface area contributed by atoms with Crippen molar-refractivity contribution < 1.29 is 14.3 Å². The Morgan fingerprint density at radius 2 is 2.32 bits per heavy atom. The Labute approximate surface area is 116 Å². The van der Waals surface area contributed by atoms with Crippen molar-refractivity contribution in [3.63, 3.8) is 0 Å². The first-order valence-corrected chi connectivity index (χ1v) is 7.21. The Balaban J connectivity index is 2.02. The van der Waals surface area contributed by atoms with Crippen LogP contribution in [0.15, 0.2) is 11.4 Å². The lowest BCUT2D eigenvalue weighted by molar-refractivity contribution is 0.0607. The molecule has 6 heteroatoms. The van der Waals surface area contributed by atoms with E-state index in [0.29, 0.717) is 16.5 Å². The molecule has 2 rings (SSSR count). The molecule has 1 N–H and O–H groups in total. The van der Waals surface area contributed by atoms with E-state index in [1.165, 1.54) is 18.4 Å². The van der Waals surface area contributed by atoms with E-state index in [2.05, 4.69) is 17.0 Å². The van der Waals surface area contributed by atoms with Gasteiger partial charge in [-0.3, -0.25) is 0 Å².